The van der Waals surface area contributed by atoms with Crippen LogP contribution in [0.5, 0.6) is 11.5 Å². The van der Waals surface area contributed by atoms with Gasteiger partial charge in [-0.25, -0.2) is 4.79 Å². The van der Waals surface area contributed by atoms with Crippen LogP contribution in [0.3, 0.4) is 0 Å². The Morgan fingerprint density at radius 1 is 0.960 bits per heavy atom. The van der Waals surface area contributed by atoms with Crippen LogP contribution in [0.1, 0.15) is 16.7 Å². The van der Waals surface area contributed by atoms with Gasteiger partial charge in [0.15, 0.2) is 0 Å². The second-order valence-electron chi connectivity index (χ2n) is 5.81. The van der Waals surface area contributed by atoms with Crippen LogP contribution in [0.2, 0.25) is 0 Å². The monoisotopic (exact) mass is 342 g/mol. The molecule has 5 nitrogen and oxygen atoms in total. The van der Waals surface area contributed by atoms with Gasteiger partial charge >= 0.3 is 6.03 Å². The van der Waals surface area contributed by atoms with E-state index in [1.165, 1.54) is 0 Å². The van der Waals surface area contributed by atoms with Crippen molar-refractivity contribution in [2.75, 3.05) is 26.8 Å². The lowest BCUT2D eigenvalue weighted by atomic mass is 10.1. The SMILES string of the molecule is COc1ccccc1CCNC(=O)NCCOc1c(C)cccc1C. The molecule has 2 amide bonds. The van der Waals surface area contributed by atoms with Crippen LogP contribution in [-0.4, -0.2) is 32.8 Å². The number of nitrogens with one attached hydrogen (secondary N) is 2. The Kier molecular flexibility index (Phi) is 7.14. The Balaban J connectivity index is 1.66. The molecule has 2 aromatic rings. The summed E-state index contributed by atoms with van der Waals surface area (Å²) in [6.45, 7) is 5.46. The van der Waals surface area contributed by atoms with Crippen molar-refractivity contribution in [1.82, 2.24) is 10.6 Å². The maximum atomic E-state index is 11.8. The van der Waals surface area contributed by atoms with E-state index in [0.717, 1.165) is 34.6 Å². The lowest BCUT2D eigenvalue weighted by molar-refractivity contribution is 0.236. The number of hydrogen-bond acceptors (Lipinski definition) is 3. The summed E-state index contributed by atoms with van der Waals surface area (Å²) in [6, 6.07) is 13.6. The summed E-state index contributed by atoms with van der Waals surface area (Å²) >= 11 is 0. The largest absolute Gasteiger partial charge is 0.496 e. The van der Waals surface area contributed by atoms with Gasteiger partial charge in [0.25, 0.3) is 0 Å². The molecule has 0 saturated carbocycles. The summed E-state index contributed by atoms with van der Waals surface area (Å²) < 4.78 is 11.1. The normalized spacial score (nSPS) is 10.2. The quantitative estimate of drug-likeness (QED) is 0.724. The van der Waals surface area contributed by atoms with E-state index >= 15 is 0 Å². The third-order valence-electron chi connectivity index (χ3n) is 3.92. The van der Waals surface area contributed by atoms with Crippen molar-refractivity contribution in [2.45, 2.75) is 20.3 Å². The highest BCUT2D eigenvalue weighted by atomic mass is 16.5. The molecule has 2 rings (SSSR count). The van der Waals surface area contributed by atoms with E-state index in [4.69, 9.17) is 9.47 Å². The van der Waals surface area contributed by atoms with Gasteiger partial charge < -0.3 is 20.1 Å². The Morgan fingerprint density at radius 2 is 1.64 bits per heavy atom. The van der Waals surface area contributed by atoms with Gasteiger partial charge in [0, 0.05) is 6.54 Å². The highest BCUT2D eigenvalue weighted by Crippen LogP contribution is 2.21. The predicted octanol–water partition coefficient (Wildman–Crippen LogP) is 3.23. The molecule has 0 aliphatic heterocycles. The molecule has 2 aromatic carbocycles. The van der Waals surface area contributed by atoms with E-state index in [1.807, 2.05) is 56.3 Å². The number of amides is 2. The van der Waals surface area contributed by atoms with E-state index < -0.39 is 0 Å². The average molecular weight is 342 g/mol. The first-order valence-electron chi connectivity index (χ1n) is 8.44. The number of carbonyl (C=O) groups excluding carboxylic acids is 1. The molecule has 0 heterocycles. The molecule has 0 fully saturated rings. The van der Waals surface area contributed by atoms with E-state index in [9.17, 15) is 4.79 Å². The molecule has 0 radical (unpaired) electrons. The number of benzene rings is 2. The van der Waals surface area contributed by atoms with Crippen molar-refractivity contribution < 1.29 is 14.3 Å². The minimum atomic E-state index is -0.194. The standard InChI is InChI=1S/C20H26N2O3/c1-15-7-6-8-16(2)19(15)25-14-13-22-20(23)21-12-11-17-9-4-5-10-18(17)24-3/h4-10H,11-14H2,1-3H3,(H2,21,22,23). The summed E-state index contributed by atoms with van der Waals surface area (Å²) in [7, 11) is 1.65. The number of carbonyl (C=O) groups is 1. The molecule has 0 aliphatic carbocycles. The van der Waals surface area contributed by atoms with Crippen LogP contribution in [0.4, 0.5) is 4.79 Å². The van der Waals surface area contributed by atoms with E-state index in [2.05, 4.69) is 10.6 Å². The van der Waals surface area contributed by atoms with Crippen LogP contribution >= 0.6 is 0 Å². The molecule has 134 valence electrons. The first kappa shape index (κ1) is 18.6. The number of ether oxygens (including phenoxy) is 2. The van der Waals surface area contributed by atoms with Crippen LogP contribution in [0.15, 0.2) is 42.5 Å². The number of urea groups is 1. The molecular formula is C20H26N2O3. The number of aryl methyl sites for hydroxylation is 2. The second kappa shape index (κ2) is 9.57. The van der Waals surface area contributed by atoms with Crippen LogP contribution in [0.25, 0.3) is 0 Å². The van der Waals surface area contributed by atoms with Gasteiger partial charge in [0.2, 0.25) is 0 Å². The van der Waals surface area contributed by atoms with E-state index in [0.29, 0.717) is 19.7 Å². The molecule has 0 unspecified atom stereocenters. The molecule has 0 aromatic heterocycles. The smallest absolute Gasteiger partial charge is 0.314 e. The van der Waals surface area contributed by atoms with Gasteiger partial charge in [-0.1, -0.05) is 36.4 Å². The summed E-state index contributed by atoms with van der Waals surface area (Å²) in [5.41, 5.74) is 3.27. The highest BCUT2D eigenvalue weighted by molar-refractivity contribution is 5.73. The topological polar surface area (TPSA) is 59.6 Å². The third-order valence-corrected chi connectivity index (χ3v) is 3.92. The summed E-state index contributed by atoms with van der Waals surface area (Å²) in [6.07, 6.45) is 0.719. The summed E-state index contributed by atoms with van der Waals surface area (Å²) in [4.78, 5) is 11.8. The minimum Gasteiger partial charge on any atom is -0.496 e. The van der Waals surface area contributed by atoms with Gasteiger partial charge in [-0.3, -0.25) is 0 Å². The second-order valence-corrected chi connectivity index (χ2v) is 5.81. The van der Waals surface area contributed by atoms with Crippen molar-refractivity contribution >= 4 is 6.03 Å². The number of methoxy groups -OCH3 is 1. The molecule has 5 heteroatoms. The van der Waals surface area contributed by atoms with Crippen LogP contribution < -0.4 is 20.1 Å². The van der Waals surface area contributed by atoms with Crippen LogP contribution in [-0.2, 0) is 6.42 Å². The minimum absolute atomic E-state index is 0.194. The molecule has 0 saturated heterocycles. The van der Waals surface area contributed by atoms with Gasteiger partial charge in [-0.15, -0.1) is 0 Å². The zero-order valence-electron chi connectivity index (χ0n) is 15.1. The fourth-order valence-corrected chi connectivity index (χ4v) is 2.63. The fourth-order valence-electron chi connectivity index (χ4n) is 2.63. The molecular weight excluding hydrogens is 316 g/mol. The lowest BCUT2D eigenvalue weighted by Crippen LogP contribution is -2.38. The number of hydrogen-bond donors (Lipinski definition) is 2. The molecule has 0 atom stereocenters. The zero-order valence-corrected chi connectivity index (χ0v) is 15.1. The predicted molar refractivity (Wildman–Crippen MR) is 99.5 cm³/mol. The molecule has 0 aliphatic rings. The lowest BCUT2D eigenvalue weighted by Gasteiger charge is -2.13. The van der Waals surface area contributed by atoms with Gasteiger partial charge in [-0.2, -0.15) is 0 Å². The molecule has 0 spiro atoms. The van der Waals surface area contributed by atoms with Crippen molar-refractivity contribution in [3.8, 4) is 11.5 Å². The van der Waals surface area contributed by atoms with Crippen molar-refractivity contribution in [2.24, 2.45) is 0 Å². The number of para-hydroxylation sites is 2. The van der Waals surface area contributed by atoms with Crippen molar-refractivity contribution in [1.29, 1.82) is 0 Å². The number of rotatable bonds is 8. The summed E-state index contributed by atoms with van der Waals surface area (Å²) in [5.74, 6) is 1.73. The van der Waals surface area contributed by atoms with Gasteiger partial charge in [0.1, 0.15) is 18.1 Å². The molecule has 0 bridgehead atoms. The van der Waals surface area contributed by atoms with Crippen LogP contribution in [0, 0.1) is 13.8 Å². The summed E-state index contributed by atoms with van der Waals surface area (Å²) in [5, 5.41) is 5.64. The van der Waals surface area contributed by atoms with Gasteiger partial charge in [-0.05, 0) is 43.0 Å². The Morgan fingerprint density at radius 3 is 2.36 bits per heavy atom. The first-order chi connectivity index (χ1) is 12.1. The molecule has 2 N–H and O–H groups in total. The van der Waals surface area contributed by atoms with E-state index in [-0.39, 0.29) is 6.03 Å². The fraction of sp³-hybridized carbons (Fsp3) is 0.350. The maximum absolute atomic E-state index is 11.8. The zero-order chi connectivity index (χ0) is 18.1. The first-order valence-corrected chi connectivity index (χ1v) is 8.44. The average Bonchev–Trinajstić information content (AvgIpc) is 2.61. The third kappa shape index (κ3) is 5.71. The molecule has 25 heavy (non-hydrogen) atoms. The Labute approximate surface area is 149 Å². The van der Waals surface area contributed by atoms with Gasteiger partial charge in [0.05, 0.1) is 13.7 Å². The Hall–Kier alpha value is -2.69. The van der Waals surface area contributed by atoms with Crippen molar-refractivity contribution in [3.05, 3.63) is 59.2 Å². The Bertz CT molecular complexity index is 681. The highest BCUT2D eigenvalue weighted by Gasteiger charge is 2.05. The maximum Gasteiger partial charge on any atom is 0.314 e. The van der Waals surface area contributed by atoms with Crippen molar-refractivity contribution in [3.63, 3.8) is 0 Å². The van der Waals surface area contributed by atoms with E-state index in [1.54, 1.807) is 7.11 Å².